The summed E-state index contributed by atoms with van der Waals surface area (Å²) in [4.78, 5) is 26.4. The number of nitrogens with zero attached hydrogens (tertiary/aromatic N) is 2. The van der Waals surface area contributed by atoms with Crippen molar-refractivity contribution in [2.45, 2.75) is 45.4 Å². The largest absolute Gasteiger partial charge is 0.449 e. The van der Waals surface area contributed by atoms with Gasteiger partial charge in [0.1, 0.15) is 0 Å². The van der Waals surface area contributed by atoms with E-state index < -0.39 is 22.0 Å². The number of anilines is 2. The van der Waals surface area contributed by atoms with Gasteiger partial charge in [-0.05, 0) is 87.1 Å². The first-order valence-corrected chi connectivity index (χ1v) is 12.9. The Bertz CT molecular complexity index is 1150. The fraction of sp³-hybridized carbons (Fsp3) is 0.440. The van der Waals surface area contributed by atoms with Gasteiger partial charge in [0.15, 0.2) is 0 Å². The second kappa shape index (κ2) is 10.6. The van der Waals surface area contributed by atoms with E-state index in [0.29, 0.717) is 35.9 Å². The van der Waals surface area contributed by atoms with E-state index in [2.05, 4.69) is 12.2 Å². The fourth-order valence-electron chi connectivity index (χ4n) is 3.89. The van der Waals surface area contributed by atoms with Crippen molar-refractivity contribution in [3.05, 3.63) is 53.1 Å². The Labute approximate surface area is 201 Å². The van der Waals surface area contributed by atoms with Crippen LogP contribution in [0.2, 0.25) is 0 Å². The molecule has 9 heteroatoms. The van der Waals surface area contributed by atoms with Gasteiger partial charge in [-0.1, -0.05) is 6.92 Å². The maximum absolute atomic E-state index is 13.4. The van der Waals surface area contributed by atoms with Gasteiger partial charge in [-0.15, -0.1) is 0 Å². The third-order valence-electron chi connectivity index (χ3n) is 6.30. The first-order chi connectivity index (χ1) is 16.0. The fourth-order valence-corrected chi connectivity index (χ4v) is 5.68. The highest BCUT2D eigenvalue weighted by Gasteiger charge is 2.30. The molecule has 0 bridgehead atoms. The molecular weight excluding hydrogens is 454 g/mol. The highest BCUT2D eigenvalue weighted by Crippen LogP contribution is 2.28. The van der Waals surface area contributed by atoms with E-state index in [1.165, 1.54) is 15.3 Å². The number of hydrogen-bond acceptors (Lipinski definition) is 5. The summed E-state index contributed by atoms with van der Waals surface area (Å²) in [5, 5.41) is 2.81. The van der Waals surface area contributed by atoms with Gasteiger partial charge in [-0.2, -0.15) is 4.31 Å². The highest BCUT2D eigenvalue weighted by molar-refractivity contribution is 7.89. The number of rotatable bonds is 6. The number of aryl methyl sites for hydroxylation is 1. The number of benzene rings is 2. The zero-order valence-electron chi connectivity index (χ0n) is 20.4. The summed E-state index contributed by atoms with van der Waals surface area (Å²) in [5.41, 5.74) is 2.81. The minimum absolute atomic E-state index is 0.179. The Morgan fingerprint density at radius 1 is 1.12 bits per heavy atom. The molecule has 34 heavy (non-hydrogen) atoms. The van der Waals surface area contributed by atoms with E-state index in [1.54, 1.807) is 51.2 Å². The van der Waals surface area contributed by atoms with Crippen LogP contribution in [0, 0.1) is 19.8 Å². The lowest BCUT2D eigenvalue weighted by molar-refractivity contribution is 0.102. The van der Waals surface area contributed by atoms with Crippen LogP contribution in [0.4, 0.5) is 16.2 Å². The normalized spacial score (nSPS) is 15.1. The lowest BCUT2D eigenvalue weighted by atomic mass is 10.0. The Balaban J connectivity index is 1.80. The van der Waals surface area contributed by atoms with Crippen LogP contribution in [-0.4, -0.2) is 51.5 Å². The Kier molecular flexibility index (Phi) is 7.99. The maximum Gasteiger partial charge on any atom is 0.413 e. The van der Waals surface area contributed by atoms with Crippen molar-refractivity contribution in [3.8, 4) is 0 Å². The molecule has 1 N–H and O–H groups in total. The molecule has 2 aromatic rings. The summed E-state index contributed by atoms with van der Waals surface area (Å²) < 4.78 is 33.2. The first kappa shape index (κ1) is 25.7. The van der Waals surface area contributed by atoms with Gasteiger partial charge in [0.25, 0.3) is 5.91 Å². The van der Waals surface area contributed by atoms with E-state index in [0.717, 1.165) is 18.4 Å². The molecule has 2 aromatic carbocycles. The van der Waals surface area contributed by atoms with E-state index >= 15 is 0 Å². The molecule has 1 heterocycles. The molecule has 0 spiro atoms. The van der Waals surface area contributed by atoms with Crippen molar-refractivity contribution in [1.29, 1.82) is 0 Å². The van der Waals surface area contributed by atoms with Crippen molar-refractivity contribution in [3.63, 3.8) is 0 Å². The molecule has 0 saturated carbocycles. The molecule has 1 fully saturated rings. The lowest BCUT2D eigenvalue weighted by Gasteiger charge is -2.30. The van der Waals surface area contributed by atoms with Crippen LogP contribution in [0.5, 0.6) is 0 Å². The van der Waals surface area contributed by atoms with Gasteiger partial charge >= 0.3 is 6.09 Å². The van der Waals surface area contributed by atoms with Crippen molar-refractivity contribution < 1.29 is 22.7 Å². The summed E-state index contributed by atoms with van der Waals surface area (Å²) in [6.07, 6.45) is 1.20. The number of piperidine rings is 1. The minimum Gasteiger partial charge on any atom is -0.449 e. The smallest absolute Gasteiger partial charge is 0.413 e. The van der Waals surface area contributed by atoms with Gasteiger partial charge in [0, 0.05) is 37.1 Å². The molecule has 0 radical (unpaired) electrons. The molecule has 0 aliphatic carbocycles. The van der Waals surface area contributed by atoms with Gasteiger partial charge in [0.2, 0.25) is 10.0 Å². The minimum atomic E-state index is -3.69. The van der Waals surface area contributed by atoms with Crippen molar-refractivity contribution in [2.24, 2.45) is 5.92 Å². The van der Waals surface area contributed by atoms with Gasteiger partial charge < -0.3 is 10.1 Å². The SMILES string of the molecule is CCOC(=O)N(C)c1ccc(NC(=O)c2cc(C)c(C)c(S(=O)(=O)N3CCC(C)CC3)c2)cc1. The van der Waals surface area contributed by atoms with Gasteiger partial charge in [-0.25, -0.2) is 13.2 Å². The quantitative estimate of drug-likeness (QED) is 0.644. The van der Waals surface area contributed by atoms with E-state index in [4.69, 9.17) is 4.74 Å². The maximum atomic E-state index is 13.4. The molecule has 0 unspecified atom stereocenters. The van der Waals surface area contributed by atoms with Crippen LogP contribution in [0.1, 0.15) is 48.2 Å². The number of carbonyl (C=O) groups is 2. The van der Waals surface area contributed by atoms with E-state index in [1.807, 2.05) is 6.92 Å². The molecule has 184 valence electrons. The summed E-state index contributed by atoms with van der Waals surface area (Å²) in [6.45, 7) is 8.71. The van der Waals surface area contributed by atoms with E-state index in [9.17, 15) is 18.0 Å². The van der Waals surface area contributed by atoms with Gasteiger partial charge in [-0.3, -0.25) is 9.69 Å². The summed E-state index contributed by atoms with van der Waals surface area (Å²) in [6, 6.07) is 9.91. The number of ether oxygens (including phenoxy) is 1. The highest BCUT2D eigenvalue weighted by atomic mass is 32.2. The Morgan fingerprint density at radius 3 is 2.32 bits per heavy atom. The zero-order valence-corrected chi connectivity index (χ0v) is 21.2. The molecule has 2 amide bonds. The number of hydrogen-bond donors (Lipinski definition) is 1. The molecule has 1 aliphatic heterocycles. The molecule has 3 rings (SSSR count). The zero-order chi connectivity index (χ0) is 25.0. The molecule has 0 atom stereocenters. The van der Waals surface area contributed by atoms with Crippen molar-refractivity contribution in [2.75, 3.05) is 37.0 Å². The van der Waals surface area contributed by atoms with Crippen molar-refractivity contribution >= 4 is 33.4 Å². The average Bonchev–Trinajstić information content (AvgIpc) is 2.81. The van der Waals surface area contributed by atoms with Gasteiger partial charge in [0.05, 0.1) is 11.5 Å². The predicted molar refractivity (Wildman–Crippen MR) is 133 cm³/mol. The Hall–Kier alpha value is -2.91. The number of amides is 2. The second-order valence-electron chi connectivity index (χ2n) is 8.76. The summed E-state index contributed by atoms with van der Waals surface area (Å²) in [5.74, 6) is 0.105. The molecule has 1 aliphatic rings. The van der Waals surface area contributed by atoms with E-state index in [-0.39, 0.29) is 17.1 Å². The second-order valence-corrected chi connectivity index (χ2v) is 10.7. The van der Waals surface area contributed by atoms with Crippen LogP contribution in [0.3, 0.4) is 0 Å². The molecular formula is C25H33N3O5S. The van der Waals surface area contributed by atoms with Crippen LogP contribution < -0.4 is 10.2 Å². The number of carbonyl (C=O) groups excluding carboxylic acids is 2. The molecule has 8 nitrogen and oxygen atoms in total. The summed E-state index contributed by atoms with van der Waals surface area (Å²) in [7, 11) is -2.09. The first-order valence-electron chi connectivity index (χ1n) is 11.5. The predicted octanol–water partition coefficient (Wildman–Crippen LogP) is 4.57. The van der Waals surface area contributed by atoms with Crippen LogP contribution >= 0.6 is 0 Å². The molecule has 1 saturated heterocycles. The van der Waals surface area contributed by atoms with Crippen LogP contribution in [0.15, 0.2) is 41.3 Å². The average molecular weight is 488 g/mol. The third-order valence-corrected chi connectivity index (χ3v) is 8.32. The standard InChI is InChI=1S/C25H33N3O5S/c1-6-33-25(30)27(5)22-9-7-21(8-10-22)26-24(29)20-15-18(3)19(4)23(16-20)34(31,32)28-13-11-17(2)12-14-28/h7-10,15-17H,6,11-14H2,1-5H3,(H,26,29). The Morgan fingerprint density at radius 2 is 1.74 bits per heavy atom. The monoisotopic (exact) mass is 487 g/mol. The van der Waals surface area contributed by atoms with Crippen LogP contribution in [0.25, 0.3) is 0 Å². The lowest BCUT2D eigenvalue weighted by Crippen LogP contribution is -2.38. The number of sulfonamides is 1. The topological polar surface area (TPSA) is 96.0 Å². The third kappa shape index (κ3) is 5.59. The number of nitrogens with one attached hydrogen (secondary N) is 1. The van der Waals surface area contributed by atoms with Crippen LogP contribution in [-0.2, 0) is 14.8 Å². The molecule has 0 aromatic heterocycles. The summed E-state index contributed by atoms with van der Waals surface area (Å²) >= 11 is 0. The van der Waals surface area contributed by atoms with Crippen molar-refractivity contribution in [1.82, 2.24) is 4.31 Å².